The van der Waals surface area contributed by atoms with Gasteiger partial charge >= 0.3 is 0 Å². The molecule has 0 saturated heterocycles. The van der Waals surface area contributed by atoms with Gasteiger partial charge in [-0.3, -0.25) is 9.69 Å². The van der Waals surface area contributed by atoms with Crippen molar-refractivity contribution in [1.82, 2.24) is 4.90 Å². The number of halogens is 2. The molecule has 2 nitrogen and oxygen atoms in total. The van der Waals surface area contributed by atoms with Crippen molar-refractivity contribution >= 4 is 44.7 Å². The molecule has 0 N–H and O–H groups in total. The van der Waals surface area contributed by atoms with Gasteiger partial charge in [0.15, 0.2) is 5.78 Å². The fourth-order valence-electron chi connectivity index (χ4n) is 1.90. The van der Waals surface area contributed by atoms with Crippen LogP contribution in [0.3, 0.4) is 0 Å². The summed E-state index contributed by atoms with van der Waals surface area (Å²) >= 11 is 11.1. The number of benzene rings is 1. The SMILES string of the molecule is CC(C(=O)c1cccc(Cl)c1)N(C)Cc1cc(Br)cs1. The lowest BCUT2D eigenvalue weighted by Crippen LogP contribution is -2.35. The van der Waals surface area contributed by atoms with Gasteiger partial charge in [-0.25, -0.2) is 0 Å². The zero-order valence-electron chi connectivity index (χ0n) is 11.3. The quantitative estimate of drug-likeness (QED) is 0.698. The van der Waals surface area contributed by atoms with Crippen molar-refractivity contribution in [2.24, 2.45) is 0 Å². The number of carbonyl (C=O) groups is 1. The first-order valence-electron chi connectivity index (χ1n) is 6.20. The highest BCUT2D eigenvalue weighted by molar-refractivity contribution is 9.10. The van der Waals surface area contributed by atoms with Crippen molar-refractivity contribution in [3.8, 4) is 0 Å². The molecule has 0 spiro atoms. The molecule has 0 amide bonds. The maximum atomic E-state index is 12.4. The fourth-order valence-corrected chi connectivity index (χ4v) is 3.61. The molecule has 20 heavy (non-hydrogen) atoms. The Balaban J connectivity index is 2.06. The third-order valence-corrected chi connectivity index (χ3v) is 5.09. The first-order chi connectivity index (χ1) is 9.47. The van der Waals surface area contributed by atoms with E-state index in [1.54, 1.807) is 35.6 Å². The Morgan fingerprint density at radius 1 is 1.45 bits per heavy atom. The Morgan fingerprint density at radius 3 is 2.80 bits per heavy atom. The summed E-state index contributed by atoms with van der Waals surface area (Å²) in [6, 6.07) is 9.00. The molecule has 0 fully saturated rings. The molecular weight excluding hydrogens is 358 g/mol. The highest BCUT2D eigenvalue weighted by Crippen LogP contribution is 2.22. The molecule has 2 rings (SSSR count). The Bertz CT molecular complexity index is 613. The maximum Gasteiger partial charge on any atom is 0.179 e. The topological polar surface area (TPSA) is 20.3 Å². The average molecular weight is 373 g/mol. The van der Waals surface area contributed by atoms with Crippen molar-refractivity contribution in [2.45, 2.75) is 19.5 Å². The Hall–Kier alpha value is -0.680. The fraction of sp³-hybridized carbons (Fsp3) is 0.267. The third-order valence-electron chi connectivity index (χ3n) is 3.18. The third kappa shape index (κ3) is 3.92. The molecule has 5 heteroatoms. The molecule has 2 aromatic rings. The summed E-state index contributed by atoms with van der Waals surface area (Å²) in [4.78, 5) is 15.7. The summed E-state index contributed by atoms with van der Waals surface area (Å²) in [5, 5.41) is 2.64. The van der Waals surface area contributed by atoms with Crippen LogP contribution in [0.1, 0.15) is 22.2 Å². The van der Waals surface area contributed by atoms with Crippen LogP contribution < -0.4 is 0 Å². The molecule has 0 bridgehead atoms. The number of Topliss-reactive ketones (excluding diaryl/α,β-unsaturated/α-hetero) is 1. The normalized spacial score (nSPS) is 12.7. The highest BCUT2D eigenvalue weighted by atomic mass is 79.9. The van der Waals surface area contributed by atoms with Crippen LogP contribution in [0, 0.1) is 0 Å². The average Bonchev–Trinajstić information content (AvgIpc) is 2.82. The molecule has 1 aromatic heterocycles. The minimum absolute atomic E-state index is 0.0885. The van der Waals surface area contributed by atoms with E-state index in [2.05, 4.69) is 22.0 Å². The number of ketones is 1. The minimum atomic E-state index is -0.186. The highest BCUT2D eigenvalue weighted by Gasteiger charge is 2.20. The monoisotopic (exact) mass is 371 g/mol. The Labute approximate surface area is 136 Å². The Kier molecular flexibility index (Phi) is 5.38. The summed E-state index contributed by atoms with van der Waals surface area (Å²) in [7, 11) is 1.96. The van der Waals surface area contributed by atoms with E-state index in [9.17, 15) is 4.79 Å². The van der Waals surface area contributed by atoms with E-state index in [1.165, 1.54) is 4.88 Å². The van der Waals surface area contributed by atoms with Crippen LogP contribution in [0.2, 0.25) is 5.02 Å². The second kappa shape index (κ2) is 6.85. The number of nitrogens with zero attached hydrogens (tertiary/aromatic N) is 1. The summed E-state index contributed by atoms with van der Waals surface area (Å²) in [6.07, 6.45) is 0. The number of thiophene rings is 1. The molecule has 1 aromatic carbocycles. The van der Waals surface area contributed by atoms with E-state index < -0.39 is 0 Å². The van der Waals surface area contributed by atoms with Crippen molar-refractivity contribution in [3.05, 3.63) is 55.6 Å². The van der Waals surface area contributed by atoms with E-state index in [1.807, 2.05) is 24.3 Å². The zero-order valence-corrected chi connectivity index (χ0v) is 14.4. The van der Waals surface area contributed by atoms with Gasteiger partial charge in [-0.1, -0.05) is 23.7 Å². The van der Waals surface area contributed by atoms with Gasteiger partial charge in [0.1, 0.15) is 0 Å². The first kappa shape index (κ1) is 15.7. The first-order valence-corrected chi connectivity index (χ1v) is 8.25. The van der Waals surface area contributed by atoms with E-state index in [0.717, 1.165) is 11.0 Å². The van der Waals surface area contributed by atoms with Crippen molar-refractivity contribution in [3.63, 3.8) is 0 Å². The van der Waals surface area contributed by atoms with Gasteiger partial charge in [-0.05, 0) is 48.1 Å². The molecule has 1 heterocycles. The lowest BCUT2D eigenvalue weighted by Gasteiger charge is -2.23. The summed E-state index contributed by atoms with van der Waals surface area (Å²) in [5.74, 6) is 0.0885. The summed E-state index contributed by atoms with van der Waals surface area (Å²) in [6.45, 7) is 2.68. The summed E-state index contributed by atoms with van der Waals surface area (Å²) in [5.41, 5.74) is 0.657. The zero-order chi connectivity index (χ0) is 14.7. The molecule has 0 aliphatic carbocycles. The van der Waals surface area contributed by atoms with Crippen LogP contribution in [-0.2, 0) is 6.54 Å². The maximum absolute atomic E-state index is 12.4. The largest absolute Gasteiger partial charge is 0.292 e. The predicted octanol–water partition coefficient (Wildman–Crippen LogP) is 4.87. The van der Waals surface area contributed by atoms with Gasteiger partial charge in [0.05, 0.1) is 6.04 Å². The molecule has 0 aliphatic rings. The molecular formula is C15H15BrClNOS. The van der Waals surface area contributed by atoms with Gasteiger partial charge in [0.2, 0.25) is 0 Å². The number of likely N-dealkylation sites (N-methyl/N-ethyl adjacent to an activating group) is 1. The molecule has 106 valence electrons. The molecule has 1 unspecified atom stereocenters. The lowest BCUT2D eigenvalue weighted by atomic mass is 10.0. The molecule has 1 atom stereocenters. The Morgan fingerprint density at radius 2 is 2.20 bits per heavy atom. The smallest absolute Gasteiger partial charge is 0.179 e. The van der Waals surface area contributed by atoms with Crippen LogP contribution in [0.5, 0.6) is 0 Å². The van der Waals surface area contributed by atoms with Crippen molar-refractivity contribution in [1.29, 1.82) is 0 Å². The minimum Gasteiger partial charge on any atom is -0.292 e. The van der Waals surface area contributed by atoms with Crippen LogP contribution in [0.4, 0.5) is 0 Å². The van der Waals surface area contributed by atoms with E-state index in [4.69, 9.17) is 11.6 Å². The standard InChI is InChI=1S/C15H15BrClNOS/c1-10(15(19)11-4-3-5-13(17)6-11)18(2)8-14-7-12(16)9-20-14/h3-7,9-10H,8H2,1-2H3. The molecule has 0 aliphatic heterocycles. The van der Waals surface area contributed by atoms with Crippen LogP contribution >= 0.6 is 38.9 Å². The van der Waals surface area contributed by atoms with E-state index in [-0.39, 0.29) is 11.8 Å². The lowest BCUT2D eigenvalue weighted by molar-refractivity contribution is 0.0863. The van der Waals surface area contributed by atoms with Crippen molar-refractivity contribution < 1.29 is 4.79 Å². The summed E-state index contributed by atoms with van der Waals surface area (Å²) < 4.78 is 1.08. The van der Waals surface area contributed by atoms with Crippen LogP contribution in [0.25, 0.3) is 0 Å². The van der Waals surface area contributed by atoms with Gasteiger partial charge in [0.25, 0.3) is 0 Å². The van der Waals surface area contributed by atoms with Crippen LogP contribution in [0.15, 0.2) is 40.2 Å². The molecule has 0 saturated carbocycles. The number of rotatable bonds is 5. The number of hydrogen-bond acceptors (Lipinski definition) is 3. The van der Waals surface area contributed by atoms with Crippen LogP contribution in [-0.4, -0.2) is 23.8 Å². The van der Waals surface area contributed by atoms with E-state index in [0.29, 0.717) is 10.6 Å². The second-order valence-corrected chi connectivity index (χ2v) is 7.04. The molecule has 0 radical (unpaired) electrons. The van der Waals surface area contributed by atoms with Crippen molar-refractivity contribution in [2.75, 3.05) is 7.05 Å². The van der Waals surface area contributed by atoms with Gasteiger partial charge < -0.3 is 0 Å². The predicted molar refractivity (Wildman–Crippen MR) is 88.7 cm³/mol. The second-order valence-electron chi connectivity index (χ2n) is 4.70. The van der Waals surface area contributed by atoms with Gasteiger partial charge in [-0.15, -0.1) is 11.3 Å². The van der Waals surface area contributed by atoms with Gasteiger partial charge in [-0.2, -0.15) is 0 Å². The van der Waals surface area contributed by atoms with Gasteiger partial charge in [0, 0.05) is 31.9 Å². The van der Waals surface area contributed by atoms with E-state index >= 15 is 0 Å². The number of carbonyl (C=O) groups excluding carboxylic acids is 1. The number of hydrogen-bond donors (Lipinski definition) is 0.